The Kier molecular flexibility index (Phi) is 9.50. The van der Waals surface area contributed by atoms with Gasteiger partial charge in [-0.2, -0.15) is 5.26 Å². The molecule has 0 spiro atoms. The van der Waals surface area contributed by atoms with Gasteiger partial charge >= 0.3 is 17.9 Å². The number of hydrogen-bond donors (Lipinski definition) is 0. The van der Waals surface area contributed by atoms with Gasteiger partial charge in [0.15, 0.2) is 0 Å². The molecule has 2 aromatic carbocycles. The highest BCUT2D eigenvalue weighted by atomic mass is 16.5. The number of carbonyl (C=O) groups excluding carboxylic acids is 3. The van der Waals surface area contributed by atoms with E-state index in [1.165, 1.54) is 48.5 Å². The summed E-state index contributed by atoms with van der Waals surface area (Å²) in [5, 5.41) is 8.79. The van der Waals surface area contributed by atoms with E-state index in [-0.39, 0.29) is 0 Å². The lowest BCUT2D eigenvalue weighted by molar-refractivity contribution is -0.137. The van der Waals surface area contributed by atoms with Crippen LogP contribution in [0.15, 0.2) is 61.2 Å². The Morgan fingerprint density at radius 2 is 1.35 bits per heavy atom. The molecule has 0 radical (unpaired) electrons. The van der Waals surface area contributed by atoms with Gasteiger partial charge in [0, 0.05) is 6.08 Å². The van der Waals surface area contributed by atoms with Gasteiger partial charge in [0.1, 0.15) is 5.75 Å². The number of unbranched alkanes of at least 4 members (excludes halogenated alkanes) is 3. The van der Waals surface area contributed by atoms with Gasteiger partial charge in [0.05, 0.1) is 36.0 Å². The van der Waals surface area contributed by atoms with Gasteiger partial charge in [-0.3, -0.25) is 0 Å². The van der Waals surface area contributed by atoms with Gasteiger partial charge in [-0.15, -0.1) is 0 Å². The van der Waals surface area contributed by atoms with Crippen molar-refractivity contribution in [3.63, 3.8) is 0 Å². The average Bonchev–Trinajstić information content (AvgIpc) is 2.80. The molecule has 7 nitrogen and oxygen atoms in total. The van der Waals surface area contributed by atoms with Crippen molar-refractivity contribution < 1.29 is 28.6 Å². The first kappa shape index (κ1) is 23.4. The Morgan fingerprint density at radius 3 is 1.94 bits per heavy atom. The molecule has 31 heavy (non-hydrogen) atoms. The zero-order chi connectivity index (χ0) is 22.5. The molecule has 0 heterocycles. The van der Waals surface area contributed by atoms with Gasteiger partial charge in [-0.1, -0.05) is 6.58 Å². The molecule has 0 aromatic heterocycles. The van der Waals surface area contributed by atoms with Crippen molar-refractivity contribution in [3.8, 4) is 11.8 Å². The van der Waals surface area contributed by atoms with E-state index in [1.54, 1.807) is 0 Å². The Balaban J connectivity index is 1.69. The van der Waals surface area contributed by atoms with Gasteiger partial charge in [0.25, 0.3) is 0 Å². The van der Waals surface area contributed by atoms with Crippen LogP contribution in [-0.2, 0) is 14.3 Å². The number of ether oxygens (including phenoxy) is 3. The van der Waals surface area contributed by atoms with E-state index < -0.39 is 17.9 Å². The molecule has 2 rings (SSSR count). The molecule has 0 saturated carbocycles. The minimum absolute atomic E-state index is 0.292. The smallest absolute Gasteiger partial charge is 0.343 e. The summed E-state index contributed by atoms with van der Waals surface area (Å²) in [4.78, 5) is 35.1. The van der Waals surface area contributed by atoms with Crippen LogP contribution in [0.5, 0.6) is 5.75 Å². The van der Waals surface area contributed by atoms with Crippen molar-refractivity contribution in [2.24, 2.45) is 0 Å². The summed E-state index contributed by atoms with van der Waals surface area (Å²) in [7, 11) is 0. The van der Waals surface area contributed by atoms with Crippen molar-refractivity contribution in [2.45, 2.75) is 25.7 Å². The number of carbonyl (C=O) groups is 3. The molecule has 160 valence electrons. The Morgan fingerprint density at radius 1 is 0.806 bits per heavy atom. The minimum atomic E-state index is -0.556. The van der Waals surface area contributed by atoms with Crippen molar-refractivity contribution in [2.75, 3.05) is 13.2 Å². The third-order valence-corrected chi connectivity index (χ3v) is 4.23. The predicted molar refractivity (Wildman–Crippen MR) is 112 cm³/mol. The first-order valence-electron chi connectivity index (χ1n) is 9.82. The van der Waals surface area contributed by atoms with E-state index in [0.29, 0.717) is 42.1 Å². The van der Waals surface area contributed by atoms with Crippen LogP contribution in [0.2, 0.25) is 0 Å². The molecular weight excluding hydrogens is 398 g/mol. The lowest BCUT2D eigenvalue weighted by Crippen LogP contribution is -2.09. The SMILES string of the molecule is C=CC(=O)OCCCCCCOC(=O)c1ccc(OC(=O)c2ccc(C#N)cc2)cc1. The first-order valence-corrected chi connectivity index (χ1v) is 9.82. The zero-order valence-electron chi connectivity index (χ0n) is 17.0. The molecule has 0 aliphatic heterocycles. The third-order valence-electron chi connectivity index (χ3n) is 4.23. The standard InChI is InChI=1S/C24H23NO6/c1-2-22(26)29-15-5-3-4-6-16-30-23(27)19-11-13-21(14-12-19)31-24(28)20-9-7-18(17-25)8-10-20/h2,7-14H,1,3-6,15-16H2. The van der Waals surface area contributed by atoms with Crippen molar-refractivity contribution >= 4 is 17.9 Å². The average molecular weight is 421 g/mol. The summed E-state index contributed by atoms with van der Waals surface area (Å²) in [6.45, 7) is 3.97. The lowest BCUT2D eigenvalue weighted by atomic mass is 10.1. The number of nitrogens with zero attached hydrogens (tertiary/aromatic N) is 1. The number of rotatable bonds is 11. The molecule has 2 aromatic rings. The Bertz CT molecular complexity index is 942. The number of benzene rings is 2. The fourth-order valence-electron chi connectivity index (χ4n) is 2.54. The highest BCUT2D eigenvalue weighted by molar-refractivity contribution is 5.92. The summed E-state index contributed by atoms with van der Waals surface area (Å²) in [6.07, 6.45) is 4.30. The van der Waals surface area contributed by atoms with Crippen LogP contribution >= 0.6 is 0 Å². The highest BCUT2D eigenvalue weighted by Crippen LogP contribution is 2.16. The zero-order valence-corrected chi connectivity index (χ0v) is 17.0. The Labute approximate surface area is 180 Å². The fraction of sp³-hybridized carbons (Fsp3) is 0.250. The summed E-state index contributed by atoms with van der Waals surface area (Å²) in [6, 6.07) is 14.2. The van der Waals surface area contributed by atoms with E-state index in [0.717, 1.165) is 25.3 Å². The maximum Gasteiger partial charge on any atom is 0.343 e. The van der Waals surface area contributed by atoms with E-state index in [4.69, 9.17) is 19.5 Å². The van der Waals surface area contributed by atoms with Gasteiger partial charge in [-0.25, -0.2) is 14.4 Å². The van der Waals surface area contributed by atoms with Crippen LogP contribution in [0.25, 0.3) is 0 Å². The van der Waals surface area contributed by atoms with Crippen molar-refractivity contribution in [3.05, 3.63) is 77.9 Å². The molecule has 0 unspecified atom stereocenters. The predicted octanol–water partition coefficient (Wildman–Crippen LogP) is 4.22. The van der Waals surface area contributed by atoms with Crippen LogP contribution in [0, 0.1) is 11.3 Å². The molecule has 0 aliphatic rings. The molecular formula is C24H23NO6. The maximum atomic E-state index is 12.1. The maximum absolute atomic E-state index is 12.1. The summed E-state index contributed by atoms with van der Waals surface area (Å²) in [5.41, 5.74) is 1.13. The number of esters is 3. The second kappa shape index (κ2) is 12.6. The summed E-state index contributed by atoms with van der Waals surface area (Å²) >= 11 is 0. The van der Waals surface area contributed by atoms with Crippen molar-refractivity contribution in [1.82, 2.24) is 0 Å². The molecule has 7 heteroatoms. The topological polar surface area (TPSA) is 103 Å². The normalized spacial score (nSPS) is 9.90. The van der Waals surface area contributed by atoms with Crippen LogP contribution < -0.4 is 4.74 Å². The minimum Gasteiger partial charge on any atom is -0.463 e. The second-order valence-corrected chi connectivity index (χ2v) is 6.52. The fourth-order valence-corrected chi connectivity index (χ4v) is 2.54. The van der Waals surface area contributed by atoms with E-state index in [9.17, 15) is 14.4 Å². The monoisotopic (exact) mass is 421 g/mol. The first-order chi connectivity index (χ1) is 15.0. The van der Waals surface area contributed by atoms with Gasteiger partial charge < -0.3 is 14.2 Å². The molecule has 0 N–H and O–H groups in total. The summed E-state index contributed by atoms with van der Waals surface area (Å²) in [5.74, 6) is -1.14. The molecule has 0 saturated heterocycles. The lowest BCUT2D eigenvalue weighted by Gasteiger charge is -2.07. The van der Waals surface area contributed by atoms with E-state index in [1.807, 2.05) is 6.07 Å². The molecule has 0 aliphatic carbocycles. The van der Waals surface area contributed by atoms with Crippen molar-refractivity contribution in [1.29, 1.82) is 5.26 Å². The van der Waals surface area contributed by atoms with Crippen LogP contribution in [0.4, 0.5) is 0 Å². The summed E-state index contributed by atoms with van der Waals surface area (Å²) < 4.78 is 15.4. The molecule has 0 atom stereocenters. The largest absolute Gasteiger partial charge is 0.463 e. The van der Waals surface area contributed by atoms with E-state index >= 15 is 0 Å². The van der Waals surface area contributed by atoms with Gasteiger partial charge in [0.2, 0.25) is 0 Å². The highest BCUT2D eigenvalue weighted by Gasteiger charge is 2.11. The number of nitriles is 1. The molecule has 0 amide bonds. The van der Waals surface area contributed by atoms with Gasteiger partial charge in [-0.05, 0) is 74.2 Å². The Hall–Kier alpha value is -3.92. The number of hydrogen-bond acceptors (Lipinski definition) is 7. The second-order valence-electron chi connectivity index (χ2n) is 6.52. The molecule has 0 bridgehead atoms. The molecule has 0 fully saturated rings. The van der Waals surface area contributed by atoms with Crippen LogP contribution in [-0.4, -0.2) is 31.1 Å². The van der Waals surface area contributed by atoms with Crippen LogP contribution in [0.3, 0.4) is 0 Å². The third kappa shape index (κ3) is 8.15. The van der Waals surface area contributed by atoms with Crippen LogP contribution in [0.1, 0.15) is 52.0 Å². The van der Waals surface area contributed by atoms with E-state index in [2.05, 4.69) is 6.58 Å². The quantitative estimate of drug-likeness (QED) is 0.232.